The van der Waals surface area contributed by atoms with Gasteiger partial charge >= 0.3 is 11.9 Å². The van der Waals surface area contributed by atoms with Crippen LogP contribution in [-0.2, 0) is 51.2 Å². The van der Waals surface area contributed by atoms with E-state index in [0.717, 1.165) is 10.9 Å². The van der Waals surface area contributed by atoms with Crippen molar-refractivity contribution >= 4 is 86.1 Å². The third kappa shape index (κ3) is 12.9. The number of aliphatic hydroxyl groups excluding tert-OH is 1. The molecule has 6 aromatic rings. The standard InChI is InChI=1S/C53H64N14O12/c1-24(68)41-49(74)66-43(50(75)62-35(11-6-16-58-53(56)57)47(72)64-38(52(77)78)19-27-21-59-34-10-3-2-7-28(27)34)29(9-5-15-54)25-13-14-31-32(23-60-36(31)18-25)45-44(51(76)65-41)67-48(73)37(20-40(69)70)63-46(71)33(55)17-26-22-61-42-30(26)8-4-12-39(42)79-45/h2-4,7-8,10,12-14,18,21-24,29,33,35,37-38,41,43-45,59-61,68H,5-6,9,11,15-17,19-20,54-55H2,1H3,(H,62,75)(H,63,71)(H,64,72)(H,65,76)(H,66,74)(H,67,73)(H,69,70)(H,77,78)(H4,56,57,58)/t24-,29+,33+,35+,37+,38+,41+,43+,44+,45-/m1/s1. The third-order valence-electron chi connectivity index (χ3n) is 14.2. The Morgan fingerprint density at radius 3 is 2.29 bits per heavy atom. The summed E-state index contributed by atoms with van der Waals surface area (Å²) in [5.41, 5.74) is 27.1. The maximum absolute atomic E-state index is 15.1. The summed E-state index contributed by atoms with van der Waals surface area (Å²) in [6.07, 6.45) is 0.964. The van der Waals surface area contributed by atoms with Crippen molar-refractivity contribution < 1.29 is 58.4 Å². The maximum atomic E-state index is 15.1. The number of aliphatic hydroxyl groups is 1. The van der Waals surface area contributed by atoms with Crippen molar-refractivity contribution in [1.82, 2.24) is 46.9 Å². The molecule has 0 saturated carbocycles. The number of carboxylic acid groups (broad SMARTS) is 2. The van der Waals surface area contributed by atoms with Gasteiger partial charge in [-0.2, -0.15) is 0 Å². The number of carbonyl (C=O) groups excluding carboxylic acids is 6. The summed E-state index contributed by atoms with van der Waals surface area (Å²) in [5, 5.41) is 49.0. The molecule has 0 fully saturated rings. The number of hydrogen-bond acceptors (Lipinski definition) is 13. The number of H-pyrrole nitrogens is 3. The van der Waals surface area contributed by atoms with Crippen LogP contribution < -0.4 is 59.6 Å². The van der Waals surface area contributed by atoms with Gasteiger partial charge < -0.3 is 89.8 Å². The minimum absolute atomic E-state index is 0.0197. The van der Waals surface area contributed by atoms with Gasteiger partial charge in [0.2, 0.25) is 35.4 Å². The lowest BCUT2D eigenvalue weighted by Crippen LogP contribution is -2.63. The number of amides is 6. The number of aromatic nitrogens is 3. The second kappa shape index (κ2) is 24.5. The lowest BCUT2D eigenvalue weighted by atomic mass is 9.85. The molecule has 9 rings (SSSR count). The number of ether oxygens (including phenoxy) is 1. The van der Waals surface area contributed by atoms with E-state index in [2.05, 4.69) is 51.8 Å². The van der Waals surface area contributed by atoms with Gasteiger partial charge in [0.05, 0.1) is 24.1 Å². The predicted octanol–water partition coefficient (Wildman–Crippen LogP) is -0.885. The number of carbonyl (C=O) groups is 8. The Bertz CT molecular complexity index is 3310. The molecule has 3 aromatic carbocycles. The molecule has 3 aromatic heterocycles. The predicted molar refractivity (Wildman–Crippen MR) is 288 cm³/mol. The Kier molecular flexibility index (Phi) is 17.5. The number of nitrogens with one attached hydrogen (secondary N) is 9. The normalized spacial score (nSPS) is 22.0. The van der Waals surface area contributed by atoms with Crippen LogP contribution in [0, 0.1) is 0 Å². The van der Waals surface area contributed by atoms with Gasteiger partial charge in [-0.15, -0.1) is 0 Å². The van der Waals surface area contributed by atoms with E-state index in [1.807, 2.05) is 12.1 Å². The molecule has 418 valence electrons. The summed E-state index contributed by atoms with van der Waals surface area (Å²) in [5.74, 6) is -9.85. The fourth-order valence-corrected chi connectivity index (χ4v) is 10.2. The molecule has 0 spiro atoms. The number of nitrogens with two attached hydrogens (primary N) is 4. The summed E-state index contributed by atoms with van der Waals surface area (Å²) >= 11 is 0. The van der Waals surface area contributed by atoms with Crippen LogP contribution in [0.3, 0.4) is 0 Å². The number of benzene rings is 3. The van der Waals surface area contributed by atoms with Gasteiger partial charge in [0.25, 0.3) is 0 Å². The van der Waals surface area contributed by atoms with Crippen molar-refractivity contribution in [3.8, 4) is 5.75 Å². The summed E-state index contributed by atoms with van der Waals surface area (Å²) < 4.78 is 6.78. The number of aliphatic imine (C=N–C) groups is 1. The Balaban J connectivity index is 1.21. The van der Waals surface area contributed by atoms with E-state index in [9.17, 15) is 44.1 Å². The Hall–Kier alpha value is -9.01. The Labute approximate surface area is 450 Å². The minimum Gasteiger partial charge on any atom is -0.481 e. The lowest BCUT2D eigenvalue weighted by Gasteiger charge is -2.34. The average molecular weight is 1090 g/mol. The van der Waals surface area contributed by atoms with E-state index in [1.165, 1.54) is 13.1 Å². The van der Waals surface area contributed by atoms with E-state index in [4.69, 9.17) is 27.7 Å². The molecule has 6 amide bonds. The van der Waals surface area contributed by atoms with E-state index in [-0.39, 0.29) is 62.5 Å². The highest BCUT2D eigenvalue weighted by Gasteiger charge is 2.43. The summed E-state index contributed by atoms with van der Waals surface area (Å²) in [6.45, 7) is 1.36. The Morgan fingerprint density at radius 2 is 1.56 bits per heavy atom. The molecular weight excluding hydrogens is 1020 g/mol. The molecule has 8 bridgehead atoms. The van der Waals surface area contributed by atoms with Gasteiger partial charge in [0.1, 0.15) is 42.0 Å². The molecule has 0 radical (unpaired) electrons. The molecule has 79 heavy (non-hydrogen) atoms. The highest BCUT2D eigenvalue weighted by molar-refractivity contribution is 6.00. The zero-order valence-electron chi connectivity index (χ0n) is 42.9. The van der Waals surface area contributed by atoms with Crippen LogP contribution in [0.5, 0.6) is 5.75 Å². The number of fused-ring (bicyclic) bond motifs is 8. The molecule has 26 heteroatoms. The molecule has 0 saturated heterocycles. The zero-order valence-corrected chi connectivity index (χ0v) is 42.9. The van der Waals surface area contributed by atoms with Crippen LogP contribution >= 0.6 is 0 Å². The SMILES string of the molecule is C[C@@H](O)[C@@H]1NC(=O)[C@H]2NC(=O)[C@H](CC(=O)O)NC(=O)[C@@H](N)Cc3c[nH]c4c(cccc34)O[C@@H]2c2c[nH]c3cc(ccc23)[C@H](CCCN)[C@@H](C(=O)N[C@@H](CCCN=C(N)N)C(=O)N[C@@H](Cc2c[nH]c3ccccc23)C(=O)O)NC1=O. The number of para-hydroxylation sites is 2. The molecule has 26 nitrogen and oxygen atoms in total. The molecule has 0 unspecified atom stereocenters. The number of nitrogens with zero attached hydrogens (tertiary/aromatic N) is 1. The highest BCUT2D eigenvalue weighted by Crippen LogP contribution is 2.37. The fourth-order valence-electron chi connectivity index (χ4n) is 10.2. The van der Waals surface area contributed by atoms with Crippen molar-refractivity contribution in [2.75, 3.05) is 13.1 Å². The number of aromatic amines is 3. The van der Waals surface area contributed by atoms with E-state index >= 15 is 9.59 Å². The van der Waals surface area contributed by atoms with Gasteiger partial charge in [-0.3, -0.25) is 38.6 Å². The molecule has 20 N–H and O–H groups in total. The maximum Gasteiger partial charge on any atom is 0.326 e. The van der Waals surface area contributed by atoms with Crippen LogP contribution in [0.1, 0.15) is 73.3 Å². The molecule has 3 aliphatic rings. The van der Waals surface area contributed by atoms with Gasteiger partial charge in [0, 0.05) is 70.2 Å². The molecule has 10 atom stereocenters. The van der Waals surface area contributed by atoms with Crippen molar-refractivity contribution in [2.45, 2.75) is 112 Å². The monoisotopic (exact) mass is 1090 g/mol. The van der Waals surface area contributed by atoms with E-state index in [0.29, 0.717) is 44.9 Å². The van der Waals surface area contributed by atoms with E-state index in [1.54, 1.807) is 60.9 Å². The van der Waals surface area contributed by atoms with Gasteiger partial charge in [-0.25, -0.2) is 4.79 Å². The highest BCUT2D eigenvalue weighted by atomic mass is 16.5. The average Bonchev–Trinajstić information content (AvgIpc) is 4.32. The van der Waals surface area contributed by atoms with Crippen molar-refractivity contribution in [2.24, 2.45) is 27.9 Å². The first kappa shape index (κ1) is 56.2. The van der Waals surface area contributed by atoms with Crippen LogP contribution in [-0.4, -0.2) is 145 Å². The molecule has 3 aliphatic heterocycles. The third-order valence-corrected chi connectivity index (χ3v) is 14.2. The van der Waals surface area contributed by atoms with Crippen LogP contribution in [0.25, 0.3) is 32.7 Å². The number of carboxylic acids is 2. The first-order chi connectivity index (χ1) is 37.8. The topological polar surface area (TPSA) is 442 Å². The summed E-state index contributed by atoms with van der Waals surface area (Å²) in [4.78, 5) is 126. The number of rotatable bonds is 17. The second-order valence-electron chi connectivity index (χ2n) is 19.8. The van der Waals surface area contributed by atoms with E-state index < -0.39 is 114 Å². The molecule has 0 aliphatic carbocycles. The first-order valence-electron chi connectivity index (χ1n) is 25.7. The number of aliphatic carboxylic acids is 2. The van der Waals surface area contributed by atoms with Gasteiger partial charge in [-0.1, -0.05) is 42.5 Å². The molecule has 6 heterocycles. The first-order valence-corrected chi connectivity index (χ1v) is 25.7. The van der Waals surface area contributed by atoms with Crippen LogP contribution in [0.2, 0.25) is 0 Å². The minimum atomic E-state index is -1.89. The summed E-state index contributed by atoms with van der Waals surface area (Å²) in [6, 6.07) is 6.02. The van der Waals surface area contributed by atoms with Gasteiger partial charge in [0.15, 0.2) is 12.1 Å². The molecular formula is C53H64N14O12. The second-order valence-corrected chi connectivity index (χ2v) is 19.8. The van der Waals surface area contributed by atoms with Gasteiger partial charge in [-0.05, 0) is 80.5 Å². The quantitative estimate of drug-likeness (QED) is 0.0299. The van der Waals surface area contributed by atoms with Crippen LogP contribution in [0.4, 0.5) is 0 Å². The Morgan fingerprint density at radius 1 is 0.797 bits per heavy atom. The fraction of sp³-hybridized carbons (Fsp3) is 0.377. The number of guanidine groups is 1. The lowest BCUT2D eigenvalue weighted by molar-refractivity contribution is -0.142. The van der Waals surface area contributed by atoms with Crippen molar-refractivity contribution in [3.63, 3.8) is 0 Å². The zero-order chi connectivity index (χ0) is 56.7. The smallest absolute Gasteiger partial charge is 0.326 e. The van der Waals surface area contributed by atoms with Crippen LogP contribution in [0.15, 0.2) is 84.2 Å². The number of hydrogen-bond donors (Lipinski definition) is 16. The van der Waals surface area contributed by atoms with Crippen molar-refractivity contribution in [1.29, 1.82) is 0 Å². The largest absolute Gasteiger partial charge is 0.481 e. The van der Waals surface area contributed by atoms with Crippen molar-refractivity contribution in [3.05, 3.63) is 102 Å². The summed E-state index contributed by atoms with van der Waals surface area (Å²) in [7, 11) is 0.